The molecule has 0 unspecified atom stereocenters. The molecule has 130 valence electrons. The zero-order valence-corrected chi connectivity index (χ0v) is 15.3. The van der Waals surface area contributed by atoms with Gasteiger partial charge in [-0.15, -0.1) is 0 Å². The van der Waals surface area contributed by atoms with Crippen molar-refractivity contribution >= 4 is 17.7 Å². The van der Waals surface area contributed by atoms with E-state index in [1.54, 1.807) is 0 Å². The van der Waals surface area contributed by atoms with E-state index >= 15 is 0 Å². The molecule has 1 aliphatic carbocycles. The van der Waals surface area contributed by atoms with Crippen LogP contribution in [0.1, 0.15) is 58.3 Å². The second-order valence-electron chi connectivity index (χ2n) is 5.87. The highest BCUT2D eigenvalue weighted by atomic mass is 32.2. The Labute approximate surface area is 141 Å². The Balaban J connectivity index is 2.12. The second-order valence-corrected chi connectivity index (χ2v) is 6.86. The molecule has 0 saturated heterocycles. The highest BCUT2D eigenvalue weighted by Gasteiger charge is 2.11. The van der Waals surface area contributed by atoms with Crippen LogP contribution in [0.2, 0.25) is 0 Å². The Morgan fingerprint density at radius 2 is 1.91 bits per heavy atom. The summed E-state index contributed by atoms with van der Waals surface area (Å²) in [5.74, 6) is 2.16. The molecule has 4 nitrogen and oxygen atoms in total. The fourth-order valence-corrected chi connectivity index (χ4v) is 3.19. The van der Waals surface area contributed by atoms with E-state index in [9.17, 15) is 0 Å². The third-order valence-corrected chi connectivity index (χ3v) is 4.62. The van der Waals surface area contributed by atoms with Gasteiger partial charge >= 0.3 is 0 Å². The van der Waals surface area contributed by atoms with Crippen LogP contribution in [0.25, 0.3) is 0 Å². The van der Waals surface area contributed by atoms with Gasteiger partial charge in [-0.3, -0.25) is 4.99 Å². The molecule has 5 heteroatoms. The van der Waals surface area contributed by atoms with Gasteiger partial charge in [0.15, 0.2) is 5.96 Å². The van der Waals surface area contributed by atoms with Crippen LogP contribution in [0.15, 0.2) is 4.99 Å². The lowest BCUT2D eigenvalue weighted by Gasteiger charge is -2.16. The van der Waals surface area contributed by atoms with Crippen LogP contribution in [-0.4, -0.2) is 50.3 Å². The lowest BCUT2D eigenvalue weighted by atomic mass is 10.1. The third-order valence-electron chi connectivity index (χ3n) is 3.92. The van der Waals surface area contributed by atoms with Crippen molar-refractivity contribution in [2.75, 3.05) is 38.2 Å². The molecule has 0 aromatic rings. The van der Waals surface area contributed by atoms with Crippen molar-refractivity contribution in [1.29, 1.82) is 0 Å². The minimum atomic E-state index is 0.482. The smallest absolute Gasteiger partial charge is 0.191 e. The van der Waals surface area contributed by atoms with E-state index in [0.717, 1.165) is 38.6 Å². The topological polar surface area (TPSA) is 45.7 Å². The molecule has 1 fully saturated rings. The largest absolute Gasteiger partial charge is 0.376 e. The number of hydrogen-bond donors (Lipinski definition) is 2. The molecule has 2 N–H and O–H groups in total. The van der Waals surface area contributed by atoms with Crippen molar-refractivity contribution < 1.29 is 4.74 Å². The van der Waals surface area contributed by atoms with Gasteiger partial charge in [0, 0.05) is 19.6 Å². The average molecular weight is 330 g/mol. The Hall–Kier alpha value is -0.420. The average Bonchev–Trinajstić information content (AvgIpc) is 2.80. The molecule has 0 amide bonds. The molecule has 0 spiro atoms. The molecular formula is C17H35N3OS. The van der Waals surface area contributed by atoms with Gasteiger partial charge in [0.05, 0.1) is 12.7 Å². The first-order valence-corrected chi connectivity index (χ1v) is 10.4. The van der Waals surface area contributed by atoms with E-state index in [-0.39, 0.29) is 0 Å². The molecule has 22 heavy (non-hydrogen) atoms. The van der Waals surface area contributed by atoms with Crippen molar-refractivity contribution in [1.82, 2.24) is 10.6 Å². The van der Waals surface area contributed by atoms with Crippen LogP contribution in [0.3, 0.4) is 0 Å². The van der Waals surface area contributed by atoms with Crippen LogP contribution >= 0.6 is 11.8 Å². The number of aliphatic imine (C=N–C) groups is 1. The number of ether oxygens (including phenoxy) is 1. The maximum absolute atomic E-state index is 6.00. The second kappa shape index (κ2) is 14.2. The van der Waals surface area contributed by atoms with Crippen LogP contribution in [0.5, 0.6) is 0 Å². The van der Waals surface area contributed by atoms with Crippen LogP contribution in [0, 0.1) is 0 Å². The van der Waals surface area contributed by atoms with Crippen molar-refractivity contribution in [2.24, 2.45) is 4.99 Å². The van der Waals surface area contributed by atoms with Gasteiger partial charge in [0.1, 0.15) is 0 Å². The van der Waals surface area contributed by atoms with Gasteiger partial charge in [0.2, 0.25) is 0 Å². The highest BCUT2D eigenvalue weighted by molar-refractivity contribution is 7.98. The van der Waals surface area contributed by atoms with Crippen molar-refractivity contribution in [3.8, 4) is 0 Å². The Morgan fingerprint density at radius 1 is 1.14 bits per heavy atom. The molecule has 1 aliphatic rings. The van der Waals surface area contributed by atoms with Gasteiger partial charge in [-0.1, -0.05) is 25.7 Å². The normalized spacial score (nSPS) is 17.3. The fraction of sp³-hybridized carbons (Fsp3) is 0.941. The number of rotatable bonds is 10. The molecular weight excluding hydrogens is 294 g/mol. The minimum absolute atomic E-state index is 0.482. The molecule has 0 aliphatic heterocycles. The number of nitrogens with zero attached hydrogens (tertiary/aromatic N) is 1. The van der Waals surface area contributed by atoms with Gasteiger partial charge in [-0.25, -0.2) is 0 Å². The minimum Gasteiger partial charge on any atom is -0.376 e. The third kappa shape index (κ3) is 10.3. The zero-order chi connectivity index (χ0) is 15.9. The molecule has 0 aromatic carbocycles. The summed E-state index contributed by atoms with van der Waals surface area (Å²) in [5.41, 5.74) is 0. The standard InChI is InChI=1S/C17H35N3OS/c1-3-18-17(19-12-8-9-15-22-2)20-13-14-21-16-10-6-4-5-7-11-16/h16H,3-15H2,1-2H3,(H2,18,19,20). The quantitative estimate of drug-likeness (QED) is 0.279. The highest BCUT2D eigenvalue weighted by Crippen LogP contribution is 2.19. The molecule has 1 rings (SSSR count). The number of hydrogen-bond acceptors (Lipinski definition) is 3. The predicted molar refractivity (Wildman–Crippen MR) is 99.0 cm³/mol. The van der Waals surface area contributed by atoms with Crippen LogP contribution < -0.4 is 10.6 Å². The van der Waals surface area contributed by atoms with E-state index in [0.29, 0.717) is 6.10 Å². The molecule has 0 radical (unpaired) electrons. The zero-order valence-electron chi connectivity index (χ0n) is 14.5. The first-order valence-electron chi connectivity index (χ1n) is 8.99. The summed E-state index contributed by atoms with van der Waals surface area (Å²) in [7, 11) is 0. The van der Waals surface area contributed by atoms with Crippen molar-refractivity contribution in [3.05, 3.63) is 0 Å². The Kier molecular flexibility index (Phi) is 12.7. The lowest BCUT2D eigenvalue weighted by molar-refractivity contribution is 0.0468. The van der Waals surface area contributed by atoms with E-state index in [4.69, 9.17) is 4.74 Å². The molecule has 0 bridgehead atoms. The van der Waals surface area contributed by atoms with E-state index in [1.165, 1.54) is 50.7 Å². The van der Waals surface area contributed by atoms with E-state index in [2.05, 4.69) is 28.8 Å². The fourth-order valence-electron chi connectivity index (χ4n) is 2.69. The van der Waals surface area contributed by atoms with Crippen molar-refractivity contribution in [2.45, 2.75) is 64.4 Å². The first-order chi connectivity index (χ1) is 10.9. The lowest BCUT2D eigenvalue weighted by Crippen LogP contribution is -2.39. The first kappa shape index (κ1) is 19.6. The molecule has 1 saturated carbocycles. The number of thioether (sulfide) groups is 1. The van der Waals surface area contributed by atoms with Gasteiger partial charge in [-0.2, -0.15) is 11.8 Å². The maximum atomic E-state index is 6.00. The van der Waals surface area contributed by atoms with E-state index in [1.807, 2.05) is 11.8 Å². The van der Waals surface area contributed by atoms with Gasteiger partial charge in [-0.05, 0) is 44.6 Å². The van der Waals surface area contributed by atoms with Crippen LogP contribution in [0.4, 0.5) is 0 Å². The van der Waals surface area contributed by atoms with Gasteiger partial charge < -0.3 is 15.4 Å². The van der Waals surface area contributed by atoms with Crippen LogP contribution in [-0.2, 0) is 4.74 Å². The van der Waals surface area contributed by atoms with Crippen molar-refractivity contribution in [3.63, 3.8) is 0 Å². The Bertz CT molecular complexity index is 279. The maximum Gasteiger partial charge on any atom is 0.191 e. The predicted octanol–water partition coefficient (Wildman–Crippen LogP) is 3.42. The molecule has 0 aromatic heterocycles. The SMILES string of the molecule is CCNC(=NCCCCSC)NCCOC1CCCCCC1. The number of unbranched alkanes of at least 4 members (excludes halogenated alkanes) is 1. The summed E-state index contributed by atoms with van der Waals surface area (Å²) in [6.07, 6.45) is 12.9. The Morgan fingerprint density at radius 3 is 2.59 bits per heavy atom. The number of nitrogens with one attached hydrogen (secondary N) is 2. The number of guanidine groups is 1. The van der Waals surface area contributed by atoms with E-state index < -0.39 is 0 Å². The van der Waals surface area contributed by atoms with Gasteiger partial charge in [0.25, 0.3) is 0 Å². The summed E-state index contributed by atoms with van der Waals surface area (Å²) >= 11 is 1.91. The molecule has 0 atom stereocenters. The summed E-state index contributed by atoms with van der Waals surface area (Å²) in [6.45, 7) is 5.53. The summed E-state index contributed by atoms with van der Waals surface area (Å²) in [6, 6.07) is 0. The monoisotopic (exact) mass is 329 g/mol. The summed E-state index contributed by atoms with van der Waals surface area (Å²) in [5, 5.41) is 6.68. The summed E-state index contributed by atoms with van der Waals surface area (Å²) in [4.78, 5) is 4.61. The summed E-state index contributed by atoms with van der Waals surface area (Å²) < 4.78 is 6.00. The molecule has 0 heterocycles.